The minimum Gasteiger partial charge on any atom is -0.379 e. The Labute approximate surface area is 103 Å². The highest BCUT2D eigenvalue weighted by atomic mass is 32.2. The van der Waals surface area contributed by atoms with Crippen LogP contribution in [-0.4, -0.2) is 30.6 Å². The average Bonchev–Trinajstić information content (AvgIpc) is 2.72. The van der Waals surface area contributed by atoms with E-state index >= 15 is 0 Å². The summed E-state index contributed by atoms with van der Waals surface area (Å²) in [6.07, 6.45) is 0. The van der Waals surface area contributed by atoms with Crippen molar-refractivity contribution in [3.05, 3.63) is 30.3 Å². The van der Waals surface area contributed by atoms with Gasteiger partial charge in [-0.3, -0.25) is 0 Å². The van der Waals surface area contributed by atoms with Crippen LogP contribution in [0, 0.1) is 0 Å². The van der Waals surface area contributed by atoms with Gasteiger partial charge in [-0.2, -0.15) is 0 Å². The van der Waals surface area contributed by atoms with Crippen LogP contribution in [0.5, 0.6) is 0 Å². The minimum atomic E-state index is 0.859. The standard InChI is InChI=1S/C12H13NOS2/c1-2-4-11-10(3-1)9-12(15-11)16-13-5-7-14-8-6-13/h1-4,9H,5-8H2. The van der Waals surface area contributed by atoms with Gasteiger partial charge in [-0.15, -0.1) is 11.3 Å². The first kappa shape index (κ1) is 10.6. The van der Waals surface area contributed by atoms with Crippen molar-refractivity contribution in [2.24, 2.45) is 0 Å². The molecular weight excluding hydrogens is 238 g/mol. The van der Waals surface area contributed by atoms with Gasteiger partial charge in [0.25, 0.3) is 0 Å². The largest absolute Gasteiger partial charge is 0.379 e. The Morgan fingerprint density at radius 3 is 2.81 bits per heavy atom. The van der Waals surface area contributed by atoms with Crippen LogP contribution < -0.4 is 0 Å². The Kier molecular flexibility index (Phi) is 3.15. The summed E-state index contributed by atoms with van der Waals surface area (Å²) in [5.74, 6) is 0. The third-order valence-corrected chi connectivity index (χ3v) is 4.90. The molecule has 3 rings (SSSR count). The van der Waals surface area contributed by atoms with Crippen LogP contribution in [-0.2, 0) is 4.74 Å². The Hall–Kier alpha value is -0.550. The molecular formula is C12H13NOS2. The van der Waals surface area contributed by atoms with Gasteiger partial charge in [-0.05, 0) is 29.5 Å². The van der Waals surface area contributed by atoms with Crippen LogP contribution in [0.2, 0.25) is 0 Å². The molecule has 2 aromatic rings. The molecule has 1 aliphatic rings. The van der Waals surface area contributed by atoms with E-state index in [4.69, 9.17) is 4.74 Å². The lowest BCUT2D eigenvalue weighted by atomic mass is 10.3. The van der Waals surface area contributed by atoms with E-state index in [0.29, 0.717) is 0 Å². The zero-order chi connectivity index (χ0) is 10.8. The van der Waals surface area contributed by atoms with Gasteiger partial charge in [0.05, 0.1) is 17.4 Å². The van der Waals surface area contributed by atoms with Gasteiger partial charge >= 0.3 is 0 Å². The molecule has 0 amide bonds. The lowest BCUT2D eigenvalue weighted by molar-refractivity contribution is 0.0774. The molecule has 0 unspecified atom stereocenters. The van der Waals surface area contributed by atoms with Crippen molar-refractivity contribution < 1.29 is 4.74 Å². The molecule has 0 radical (unpaired) electrons. The highest BCUT2D eigenvalue weighted by molar-refractivity contribution is 7.99. The van der Waals surface area contributed by atoms with Gasteiger partial charge in [-0.1, -0.05) is 18.2 Å². The van der Waals surface area contributed by atoms with Gasteiger partial charge in [0.1, 0.15) is 0 Å². The second kappa shape index (κ2) is 4.75. The first-order valence-corrected chi connectivity index (χ1v) is 7.00. The van der Waals surface area contributed by atoms with Crippen molar-refractivity contribution in [2.45, 2.75) is 4.21 Å². The Balaban J connectivity index is 1.78. The van der Waals surface area contributed by atoms with E-state index in [1.165, 1.54) is 14.3 Å². The van der Waals surface area contributed by atoms with E-state index in [9.17, 15) is 0 Å². The van der Waals surface area contributed by atoms with Gasteiger partial charge < -0.3 is 4.74 Å². The topological polar surface area (TPSA) is 12.5 Å². The second-order valence-corrected chi connectivity index (χ2v) is 6.22. The number of hydrogen-bond donors (Lipinski definition) is 0. The van der Waals surface area contributed by atoms with Crippen molar-refractivity contribution in [3.63, 3.8) is 0 Å². The molecule has 1 aromatic heterocycles. The number of morpholine rings is 1. The van der Waals surface area contributed by atoms with E-state index in [2.05, 4.69) is 34.6 Å². The molecule has 1 aromatic carbocycles. The van der Waals surface area contributed by atoms with E-state index < -0.39 is 0 Å². The molecule has 0 spiro atoms. The number of nitrogens with zero attached hydrogens (tertiary/aromatic N) is 1. The quantitative estimate of drug-likeness (QED) is 0.760. The highest BCUT2D eigenvalue weighted by Crippen LogP contribution is 2.34. The molecule has 1 saturated heterocycles. The molecule has 84 valence electrons. The van der Waals surface area contributed by atoms with Gasteiger partial charge in [0.2, 0.25) is 0 Å². The van der Waals surface area contributed by atoms with E-state index in [1.807, 2.05) is 23.3 Å². The predicted octanol–water partition coefficient (Wildman–Crippen LogP) is 3.24. The van der Waals surface area contributed by atoms with Gasteiger partial charge in [0, 0.05) is 17.8 Å². The Morgan fingerprint density at radius 1 is 1.19 bits per heavy atom. The molecule has 0 atom stereocenters. The fraction of sp³-hybridized carbons (Fsp3) is 0.333. The third-order valence-electron chi connectivity index (χ3n) is 2.59. The van der Waals surface area contributed by atoms with Gasteiger partial charge in [0.15, 0.2) is 0 Å². The predicted molar refractivity (Wildman–Crippen MR) is 70.1 cm³/mol. The van der Waals surface area contributed by atoms with Crippen LogP contribution in [0.4, 0.5) is 0 Å². The number of fused-ring (bicyclic) bond motifs is 1. The first-order valence-electron chi connectivity index (χ1n) is 5.41. The zero-order valence-electron chi connectivity index (χ0n) is 8.89. The molecule has 1 fully saturated rings. The summed E-state index contributed by atoms with van der Waals surface area (Å²) >= 11 is 3.73. The number of thiophene rings is 1. The van der Waals surface area contributed by atoms with Crippen LogP contribution in [0.1, 0.15) is 0 Å². The molecule has 1 aliphatic heterocycles. The second-order valence-electron chi connectivity index (χ2n) is 3.74. The van der Waals surface area contributed by atoms with E-state index in [-0.39, 0.29) is 0 Å². The number of ether oxygens (including phenoxy) is 1. The molecule has 16 heavy (non-hydrogen) atoms. The van der Waals surface area contributed by atoms with Crippen molar-refractivity contribution in [1.29, 1.82) is 0 Å². The molecule has 0 N–H and O–H groups in total. The lowest BCUT2D eigenvalue weighted by Crippen LogP contribution is -2.30. The normalized spacial score (nSPS) is 18.0. The van der Waals surface area contributed by atoms with Crippen molar-refractivity contribution in [3.8, 4) is 0 Å². The van der Waals surface area contributed by atoms with Crippen molar-refractivity contribution in [1.82, 2.24) is 4.31 Å². The zero-order valence-corrected chi connectivity index (χ0v) is 10.5. The molecule has 2 nitrogen and oxygen atoms in total. The number of benzene rings is 1. The van der Waals surface area contributed by atoms with Crippen molar-refractivity contribution in [2.75, 3.05) is 26.3 Å². The molecule has 0 saturated carbocycles. The Bertz CT molecular complexity index is 444. The van der Waals surface area contributed by atoms with Crippen molar-refractivity contribution >= 4 is 33.4 Å². The first-order chi connectivity index (χ1) is 7.92. The monoisotopic (exact) mass is 251 g/mol. The SMILES string of the molecule is c1ccc2sc(SN3CCOCC3)cc2c1. The molecule has 2 heterocycles. The summed E-state index contributed by atoms with van der Waals surface area (Å²) in [6, 6.07) is 10.8. The minimum absolute atomic E-state index is 0.859. The summed E-state index contributed by atoms with van der Waals surface area (Å²) in [5, 5.41) is 1.35. The number of hydrogen-bond acceptors (Lipinski definition) is 4. The summed E-state index contributed by atoms with van der Waals surface area (Å²) in [6.45, 7) is 3.77. The summed E-state index contributed by atoms with van der Waals surface area (Å²) in [4.78, 5) is 0. The van der Waals surface area contributed by atoms with Crippen LogP contribution >= 0.6 is 23.3 Å². The van der Waals surface area contributed by atoms with Gasteiger partial charge in [-0.25, -0.2) is 4.31 Å². The molecule has 0 bridgehead atoms. The fourth-order valence-corrected chi connectivity index (χ4v) is 4.06. The summed E-state index contributed by atoms with van der Waals surface area (Å²) in [5.41, 5.74) is 0. The van der Waals surface area contributed by atoms with E-state index in [1.54, 1.807) is 0 Å². The number of rotatable bonds is 2. The van der Waals surface area contributed by atoms with E-state index in [0.717, 1.165) is 26.3 Å². The summed E-state index contributed by atoms with van der Waals surface area (Å²) in [7, 11) is 0. The van der Waals surface area contributed by atoms with Crippen LogP contribution in [0.25, 0.3) is 10.1 Å². The maximum atomic E-state index is 5.34. The fourth-order valence-electron chi connectivity index (χ4n) is 1.77. The molecule has 4 heteroatoms. The molecule has 0 aliphatic carbocycles. The maximum absolute atomic E-state index is 5.34. The smallest absolute Gasteiger partial charge is 0.0766 e. The van der Waals surface area contributed by atoms with Crippen LogP contribution in [0.15, 0.2) is 34.5 Å². The Morgan fingerprint density at radius 2 is 2.00 bits per heavy atom. The summed E-state index contributed by atoms with van der Waals surface area (Å²) < 4.78 is 10.5. The lowest BCUT2D eigenvalue weighted by Gasteiger charge is -2.24. The highest BCUT2D eigenvalue weighted by Gasteiger charge is 2.13. The average molecular weight is 251 g/mol. The maximum Gasteiger partial charge on any atom is 0.0766 e. The third kappa shape index (κ3) is 2.25. The van der Waals surface area contributed by atoms with Crippen LogP contribution in [0.3, 0.4) is 0 Å².